The Morgan fingerprint density at radius 1 is 1.05 bits per heavy atom. The van der Waals surface area contributed by atoms with E-state index in [1.54, 1.807) is 0 Å². The summed E-state index contributed by atoms with van der Waals surface area (Å²) < 4.78 is 0. The van der Waals surface area contributed by atoms with Gasteiger partial charge in [0.2, 0.25) is 0 Å². The molecule has 1 aliphatic heterocycles. The minimum atomic E-state index is 0.289. The van der Waals surface area contributed by atoms with Crippen LogP contribution in [0.15, 0.2) is 0 Å². The monoisotopic (exact) mass is 310 g/mol. The first kappa shape index (κ1) is 18.2. The van der Waals surface area contributed by atoms with Crippen LogP contribution in [0.25, 0.3) is 0 Å². The van der Waals surface area contributed by atoms with E-state index in [0.717, 1.165) is 24.9 Å². The highest BCUT2D eigenvalue weighted by Gasteiger charge is 2.30. The van der Waals surface area contributed by atoms with Crippen LogP contribution in [0.3, 0.4) is 0 Å². The second-order valence-corrected chi connectivity index (χ2v) is 8.96. The SMILES string of the molecule is CC(C)(C)CC1CC(NCC2CCCCC2)CN(CCO)C1. The number of aliphatic hydroxyl groups excluding tert-OH is 1. The summed E-state index contributed by atoms with van der Waals surface area (Å²) in [4.78, 5) is 2.47. The Hall–Kier alpha value is -0.120. The Balaban J connectivity index is 1.82. The Bertz CT molecular complexity index is 307. The van der Waals surface area contributed by atoms with E-state index in [4.69, 9.17) is 0 Å². The summed E-state index contributed by atoms with van der Waals surface area (Å²) >= 11 is 0. The van der Waals surface area contributed by atoms with Gasteiger partial charge in [-0.05, 0) is 49.5 Å². The lowest BCUT2D eigenvalue weighted by Gasteiger charge is -2.40. The van der Waals surface area contributed by atoms with Crippen LogP contribution < -0.4 is 5.32 Å². The van der Waals surface area contributed by atoms with Crippen molar-refractivity contribution in [3.8, 4) is 0 Å². The van der Waals surface area contributed by atoms with Crippen LogP contribution in [-0.4, -0.2) is 48.8 Å². The largest absolute Gasteiger partial charge is 0.395 e. The highest BCUT2D eigenvalue weighted by atomic mass is 16.3. The molecular formula is C19H38N2O. The number of hydrogen-bond donors (Lipinski definition) is 2. The number of likely N-dealkylation sites (tertiary alicyclic amines) is 1. The molecule has 1 saturated heterocycles. The molecule has 2 unspecified atom stereocenters. The predicted octanol–water partition coefficient (Wildman–Crippen LogP) is 3.28. The summed E-state index contributed by atoms with van der Waals surface area (Å²) in [5.74, 6) is 1.67. The quantitative estimate of drug-likeness (QED) is 0.790. The maximum Gasteiger partial charge on any atom is 0.0558 e. The highest BCUT2D eigenvalue weighted by Crippen LogP contribution is 2.30. The standard InChI is InChI=1S/C19H38N2O/c1-19(2,3)12-17-11-18(15-21(14-17)9-10-22)20-13-16-7-5-4-6-8-16/h16-18,20,22H,4-15H2,1-3H3. The van der Waals surface area contributed by atoms with Gasteiger partial charge in [-0.3, -0.25) is 4.90 Å². The normalized spacial score (nSPS) is 28.9. The molecule has 2 rings (SSSR count). The van der Waals surface area contributed by atoms with E-state index in [-0.39, 0.29) is 6.61 Å². The molecule has 2 atom stereocenters. The zero-order valence-electron chi connectivity index (χ0n) is 15.1. The summed E-state index contributed by atoms with van der Waals surface area (Å²) in [7, 11) is 0. The van der Waals surface area contributed by atoms with Crippen molar-refractivity contribution in [2.24, 2.45) is 17.3 Å². The highest BCUT2D eigenvalue weighted by molar-refractivity contribution is 4.86. The van der Waals surface area contributed by atoms with Gasteiger partial charge in [-0.2, -0.15) is 0 Å². The van der Waals surface area contributed by atoms with Gasteiger partial charge in [-0.15, -0.1) is 0 Å². The molecule has 1 saturated carbocycles. The van der Waals surface area contributed by atoms with Crippen molar-refractivity contribution in [2.75, 3.05) is 32.8 Å². The molecule has 3 heteroatoms. The first-order chi connectivity index (χ1) is 10.5. The number of β-amino-alcohol motifs (C(OH)–C–C–N with tert-alkyl or cyclic N) is 1. The fraction of sp³-hybridized carbons (Fsp3) is 1.00. The maximum atomic E-state index is 9.30. The third-order valence-corrected chi connectivity index (χ3v) is 5.35. The van der Waals surface area contributed by atoms with Crippen molar-refractivity contribution in [2.45, 2.75) is 71.8 Å². The second kappa shape index (κ2) is 8.65. The second-order valence-electron chi connectivity index (χ2n) is 8.96. The van der Waals surface area contributed by atoms with Crippen molar-refractivity contribution in [3.63, 3.8) is 0 Å². The van der Waals surface area contributed by atoms with Gasteiger partial charge in [0.15, 0.2) is 0 Å². The molecule has 2 fully saturated rings. The van der Waals surface area contributed by atoms with E-state index < -0.39 is 0 Å². The van der Waals surface area contributed by atoms with E-state index >= 15 is 0 Å². The van der Waals surface area contributed by atoms with Crippen LogP contribution in [0.5, 0.6) is 0 Å². The molecule has 0 aromatic heterocycles. The van der Waals surface area contributed by atoms with Crippen molar-refractivity contribution < 1.29 is 5.11 Å². The Labute approximate surface area is 137 Å². The number of nitrogens with zero attached hydrogens (tertiary/aromatic N) is 1. The van der Waals surface area contributed by atoms with E-state index in [0.29, 0.717) is 11.5 Å². The number of aliphatic hydroxyl groups is 1. The molecule has 2 aliphatic rings. The molecule has 0 aromatic rings. The molecule has 0 spiro atoms. The van der Waals surface area contributed by atoms with E-state index in [1.165, 1.54) is 58.0 Å². The topological polar surface area (TPSA) is 35.5 Å². The average molecular weight is 311 g/mol. The van der Waals surface area contributed by atoms with Gasteiger partial charge in [-0.25, -0.2) is 0 Å². The van der Waals surface area contributed by atoms with Gasteiger partial charge in [0, 0.05) is 25.7 Å². The van der Waals surface area contributed by atoms with Crippen molar-refractivity contribution in [1.82, 2.24) is 10.2 Å². The summed E-state index contributed by atoms with van der Waals surface area (Å²) in [6.45, 7) is 11.7. The fourth-order valence-electron chi connectivity index (χ4n) is 4.51. The predicted molar refractivity (Wildman–Crippen MR) is 94.1 cm³/mol. The zero-order valence-corrected chi connectivity index (χ0v) is 15.1. The van der Waals surface area contributed by atoms with Gasteiger partial charge < -0.3 is 10.4 Å². The Kier molecular flexibility index (Phi) is 7.17. The van der Waals surface area contributed by atoms with Gasteiger partial charge >= 0.3 is 0 Å². The average Bonchev–Trinajstić information content (AvgIpc) is 2.44. The van der Waals surface area contributed by atoms with Crippen LogP contribution in [0.1, 0.15) is 65.7 Å². The third kappa shape index (κ3) is 6.55. The molecule has 0 aromatic carbocycles. The number of nitrogens with one attached hydrogen (secondary N) is 1. The Morgan fingerprint density at radius 2 is 1.77 bits per heavy atom. The lowest BCUT2D eigenvalue weighted by molar-refractivity contribution is 0.0939. The molecule has 22 heavy (non-hydrogen) atoms. The molecule has 0 radical (unpaired) electrons. The minimum Gasteiger partial charge on any atom is -0.395 e. The van der Waals surface area contributed by atoms with Crippen LogP contribution in [0, 0.1) is 17.3 Å². The van der Waals surface area contributed by atoms with Crippen LogP contribution in [0.4, 0.5) is 0 Å². The minimum absolute atomic E-state index is 0.289. The third-order valence-electron chi connectivity index (χ3n) is 5.35. The Morgan fingerprint density at radius 3 is 2.41 bits per heavy atom. The molecular weight excluding hydrogens is 272 g/mol. The smallest absolute Gasteiger partial charge is 0.0558 e. The van der Waals surface area contributed by atoms with Crippen molar-refractivity contribution in [1.29, 1.82) is 0 Å². The van der Waals surface area contributed by atoms with E-state index in [9.17, 15) is 5.11 Å². The lowest BCUT2D eigenvalue weighted by Crippen LogP contribution is -2.51. The van der Waals surface area contributed by atoms with Gasteiger partial charge in [-0.1, -0.05) is 40.0 Å². The van der Waals surface area contributed by atoms with Crippen molar-refractivity contribution >= 4 is 0 Å². The van der Waals surface area contributed by atoms with Crippen LogP contribution >= 0.6 is 0 Å². The molecule has 1 heterocycles. The molecule has 0 bridgehead atoms. The van der Waals surface area contributed by atoms with Gasteiger partial charge in [0.05, 0.1) is 6.61 Å². The van der Waals surface area contributed by atoms with Crippen molar-refractivity contribution in [3.05, 3.63) is 0 Å². The van der Waals surface area contributed by atoms with Gasteiger partial charge in [0.25, 0.3) is 0 Å². The summed E-state index contributed by atoms with van der Waals surface area (Å²) in [5.41, 5.74) is 0.404. The maximum absolute atomic E-state index is 9.30. The fourth-order valence-corrected chi connectivity index (χ4v) is 4.51. The van der Waals surface area contributed by atoms with Gasteiger partial charge in [0.1, 0.15) is 0 Å². The van der Waals surface area contributed by atoms with Crippen LogP contribution in [-0.2, 0) is 0 Å². The summed E-state index contributed by atoms with van der Waals surface area (Å²) in [5, 5.41) is 13.2. The molecule has 3 nitrogen and oxygen atoms in total. The number of hydrogen-bond acceptors (Lipinski definition) is 3. The number of piperidine rings is 1. The zero-order chi connectivity index (χ0) is 16.0. The first-order valence-corrected chi connectivity index (χ1v) is 9.53. The molecule has 0 amide bonds. The van der Waals surface area contributed by atoms with E-state index in [2.05, 4.69) is 31.0 Å². The number of rotatable bonds is 6. The summed E-state index contributed by atoms with van der Waals surface area (Å²) in [6, 6.07) is 0.620. The molecule has 2 N–H and O–H groups in total. The molecule has 130 valence electrons. The van der Waals surface area contributed by atoms with E-state index in [1.807, 2.05) is 0 Å². The van der Waals surface area contributed by atoms with Crippen LogP contribution in [0.2, 0.25) is 0 Å². The lowest BCUT2D eigenvalue weighted by atomic mass is 9.80. The molecule has 1 aliphatic carbocycles. The first-order valence-electron chi connectivity index (χ1n) is 9.53. The summed E-state index contributed by atoms with van der Waals surface area (Å²) in [6.07, 6.45) is 9.75.